The fraction of sp³-hybridized carbons (Fsp3) is 0.714. The van der Waals surface area contributed by atoms with Gasteiger partial charge in [-0.25, -0.2) is 13.2 Å². The summed E-state index contributed by atoms with van der Waals surface area (Å²) in [6, 6.07) is 0. The van der Waals surface area contributed by atoms with Crippen LogP contribution in [0.5, 0.6) is 0 Å². The summed E-state index contributed by atoms with van der Waals surface area (Å²) in [4.78, 5) is 24.5. The van der Waals surface area contributed by atoms with Crippen molar-refractivity contribution in [3.05, 3.63) is 12.2 Å². The molecule has 0 aromatic heterocycles. The Morgan fingerprint density at radius 3 is 1.94 bits per heavy atom. The lowest BCUT2D eigenvalue weighted by molar-refractivity contribution is -0.352. The second-order valence-corrected chi connectivity index (χ2v) is 7.58. The third-order valence-electron chi connectivity index (χ3n) is 3.84. The van der Waals surface area contributed by atoms with Gasteiger partial charge in [-0.3, -0.25) is 4.79 Å². The molecule has 0 spiro atoms. The van der Waals surface area contributed by atoms with E-state index in [1.807, 2.05) is 0 Å². The van der Waals surface area contributed by atoms with Crippen LogP contribution >= 0.6 is 0 Å². The number of rotatable bonds is 8. The third kappa shape index (κ3) is 6.26. The molecule has 0 radical (unpaired) electrons. The Kier molecular flexibility index (Phi) is 8.25. The Balaban J connectivity index is 3.38. The summed E-state index contributed by atoms with van der Waals surface area (Å²) in [6.45, 7) is -1.67. The maximum atomic E-state index is 13.8. The molecule has 1 fully saturated rings. The second kappa shape index (κ2) is 9.44. The topological polar surface area (TPSA) is 122 Å². The molecule has 0 aromatic rings. The van der Waals surface area contributed by atoms with Gasteiger partial charge in [0, 0.05) is 19.5 Å². The summed E-state index contributed by atoms with van der Waals surface area (Å²) in [5.74, 6) is -10.0. The van der Waals surface area contributed by atoms with Gasteiger partial charge in [-0.2, -0.15) is 35.1 Å². The maximum Gasteiger partial charge on any atom is 0.466 e. The molecule has 1 amide bonds. The van der Waals surface area contributed by atoms with Crippen LogP contribution in [0.3, 0.4) is 0 Å². The molecule has 1 aliphatic rings. The molecule has 0 aromatic carbocycles. The molecular weight excluding hydrogens is 494 g/mol. The van der Waals surface area contributed by atoms with Crippen molar-refractivity contribution in [3.63, 3.8) is 0 Å². The molecule has 1 saturated heterocycles. The summed E-state index contributed by atoms with van der Waals surface area (Å²) in [5.41, 5.74) is -2.49. The summed E-state index contributed by atoms with van der Waals surface area (Å²) in [6.07, 6.45) is -14.0. The van der Waals surface area contributed by atoms with Gasteiger partial charge in [0.2, 0.25) is 0 Å². The van der Waals surface area contributed by atoms with Gasteiger partial charge in [0.05, 0.1) is 19.8 Å². The van der Waals surface area contributed by atoms with E-state index in [9.17, 15) is 57.7 Å². The van der Waals surface area contributed by atoms with Crippen LogP contribution in [0.1, 0.15) is 6.42 Å². The van der Waals surface area contributed by atoms with E-state index in [0.29, 0.717) is 4.90 Å². The van der Waals surface area contributed by atoms with Crippen LogP contribution in [-0.4, -0.2) is 86.1 Å². The number of alkyl halides is 8. The molecule has 0 bridgehead atoms. The SMILES string of the molecule is C=C(C(=O)OC(OCCC(F)(F)S(=O)(=O)[O-])(C(=O)N1CCOCC1)C(F)(F)F)C(F)(F)F. The largest absolute Gasteiger partial charge is 0.743 e. The maximum absolute atomic E-state index is 13.8. The van der Waals surface area contributed by atoms with Gasteiger partial charge in [-0.1, -0.05) is 6.58 Å². The lowest BCUT2D eigenvalue weighted by Gasteiger charge is -2.38. The average Bonchev–Trinajstić information content (AvgIpc) is 2.63. The zero-order valence-electron chi connectivity index (χ0n) is 15.6. The minimum Gasteiger partial charge on any atom is -0.743 e. The molecule has 9 nitrogen and oxygen atoms in total. The monoisotopic (exact) mass is 508 g/mol. The van der Waals surface area contributed by atoms with Crippen molar-refractivity contribution in [2.24, 2.45) is 0 Å². The third-order valence-corrected chi connectivity index (χ3v) is 4.78. The minimum absolute atomic E-state index is 0.309. The zero-order valence-corrected chi connectivity index (χ0v) is 16.4. The smallest absolute Gasteiger partial charge is 0.466 e. The Hall–Kier alpha value is -2.05. The molecule has 0 aliphatic carbocycles. The van der Waals surface area contributed by atoms with E-state index in [4.69, 9.17) is 4.74 Å². The fourth-order valence-electron chi connectivity index (χ4n) is 2.12. The molecule has 186 valence electrons. The molecule has 1 unspecified atom stereocenters. The van der Waals surface area contributed by atoms with Crippen LogP contribution in [0, 0.1) is 0 Å². The molecule has 1 atom stereocenters. The predicted octanol–water partition coefficient (Wildman–Crippen LogP) is 1.31. The summed E-state index contributed by atoms with van der Waals surface area (Å²) < 4.78 is 150. The number of halogens is 8. The highest BCUT2D eigenvalue weighted by atomic mass is 32.2. The molecule has 1 heterocycles. The number of hydrogen-bond donors (Lipinski definition) is 0. The van der Waals surface area contributed by atoms with Crippen LogP contribution in [0.4, 0.5) is 35.1 Å². The highest BCUT2D eigenvalue weighted by Gasteiger charge is 2.68. The van der Waals surface area contributed by atoms with E-state index in [2.05, 4.69) is 16.1 Å². The van der Waals surface area contributed by atoms with Crippen molar-refractivity contribution in [1.29, 1.82) is 0 Å². The van der Waals surface area contributed by atoms with E-state index in [-0.39, 0.29) is 13.2 Å². The lowest BCUT2D eigenvalue weighted by atomic mass is 10.2. The number of hydrogen-bond acceptors (Lipinski definition) is 8. The van der Waals surface area contributed by atoms with Crippen molar-refractivity contribution in [1.82, 2.24) is 4.90 Å². The number of carbonyl (C=O) groups is 2. The summed E-state index contributed by atoms with van der Waals surface area (Å²) in [7, 11) is -6.38. The molecule has 32 heavy (non-hydrogen) atoms. The molecular formula is C14H14F8NO8S-. The van der Waals surface area contributed by atoms with Crippen LogP contribution in [-0.2, 0) is 33.9 Å². The van der Waals surface area contributed by atoms with Crippen LogP contribution in [0.25, 0.3) is 0 Å². The van der Waals surface area contributed by atoms with Gasteiger partial charge >= 0.3 is 35.3 Å². The molecule has 1 aliphatic heterocycles. The Labute approximate surface area is 174 Å². The van der Waals surface area contributed by atoms with E-state index in [1.165, 1.54) is 0 Å². The van der Waals surface area contributed by atoms with E-state index in [1.54, 1.807) is 0 Å². The van der Waals surface area contributed by atoms with Crippen LogP contribution in [0.2, 0.25) is 0 Å². The Morgan fingerprint density at radius 1 is 1.03 bits per heavy atom. The summed E-state index contributed by atoms with van der Waals surface area (Å²) in [5, 5.41) is -5.17. The van der Waals surface area contributed by atoms with Crippen molar-refractivity contribution in [2.75, 3.05) is 32.9 Å². The highest BCUT2D eigenvalue weighted by molar-refractivity contribution is 7.86. The normalized spacial score (nSPS) is 18.1. The number of nitrogens with zero attached hydrogens (tertiary/aromatic N) is 1. The first-order chi connectivity index (χ1) is 14.3. The van der Waals surface area contributed by atoms with Gasteiger partial charge in [0.15, 0.2) is 10.1 Å². The van der Waals surface area contributed by atoms with Crippen molar-refractivity contribution in [3.8, 4) is 0 Å². The first kappa shape index (κ1) is 28.0. The number of esters is 1. The van der Waals surface area contributed by atoms with E-state index < -0.39 is 77.1 Å². The number of ether oxygens (including phenoxy) is 3. The highest BCUT2D eigenvalue weighted by Crippen LogP contribution is 2.39. The zero-order chi connectivity index (χ0) is 25.2. The van der Waals surface area contributed by atoms with E-state index >= 15 is 0 Å². The van der Waals surface area contributed by atoms with Gasteiger partial charge in [-0.05, 0) is 0 Å². The molecule has 0 N–H and O–H groups in total. The van der Waals surface area contributed by atoms with Gasteiger partial charge < -0.3 is 23.7 Å². The predicted molar refractivity (Wildman–Crippen MR) is 82.7 cm³/mol. The Bertz CT molecular complexity index is 835. The quantitative estimate of drug-likeness (QED) is 0.158. The number of carbonyl (C=O) groups excluding carboxylic acids is 2. The average molecular weight is 508 g/mol. The molecule has 1 rings (SSSR count). The van der Waals surface area contributed by atoms with Crippen molar-refractivity contribution < 1.29 is 71.9 Å². The first-order valence-electron chi connectivity index (χ1n) is 8.17. The standard InChI is InChI=1S/C14H15F8NO8S/c1-8(13(17,18)19)9(24)31-12(14(20,21)22,10(25)23-3-6-29-7-4-23)30-5-2-11(15,16)32(26,27)28/h1-7H2,(H,26,27,28)/p-1. The number of amides is 1. The number of morpholine rings is 1. The summed E-state index contributed by atoms with van der Waals surface area (Å²) >= 11 is 0. The second-order valence-electron chi connectivity index (χ2n) is 6.07. The van der Waals surface area contributed by atoms with Gasteiger partial charge in [0.25, 0.3) is 0 Å². The van der Waals surface area contributed by atoms with Gasteiger partial charge in [-0.15, -0.1) is 0 Å². The van der Waals surface area contributed by atoms with Gasteiger partial charge in [0.1, 0.15) is 5.57 Å². The lowest BCUT2D eigenvalue weighted by Crippen LogP contribution is -2.64. The minimum atomic E-state index is -6.38. The first-order valence-corrected chi connectivity index (χ1v) is 9.57. The van der Waals surface area contributed by atoms with Crippen molar-refractivity contribution >= 4 is 22.0 Å². The van der Waals surface area contributed by atoms with Crippen molar-refractivity contribution in [2.45, 2.75) is 29.8 Å². The van der Waals surface area contributed by atoms with Crippen LogP contribution < -0.4 is 0 Å². The molecule has 0 saturated carbocycles. The molecule has 18 heteroatoms. The van der Waals surface area contributed by atoms with E-state index in [0.717, 1.165) is 0 Å². The Morgan fingerprint density at radius 2 is 1.53 bits per heavy atom. The van der Waals surface area contributed by atoms with Crippen LogP contribution in [0.15, 0.2) is 12.2 Å². The fourth-order valence-corrected chi connectivity index (χ4v) is 2.45.